The lowest BCUT2D eigenvalue weighted by molar-refractivity contribution is 0.600. The molecule has 10 aromatic carbocycles. The van der Waals surface area contributed by atoms with Gasteiger partial charge in [0.05, 0.1) is 0 Å². The van der Waals surface area contributed by atoms with Gasteiger partial charge in [0.15, 0.2) is 0 Å². The van der Waals surface area contributed by atoms with Crippen LogP contribution >= 0.6 is 0 Å². The third-order valence-electron chi connectivity index (χ3n) is 14.8. The highest BCUT2D eigenvalue weighted by Gasteiger charge is 2.48. The summed E-state index contributed by atoms with van der Waals surface area (Å²) in [6, 6.07) is 62.6. The molecule has 2 aliphatic carbocycles. The van der Waals surface area contributed by atoms with Gasteiger partial charge in [-0.15, -0.1) is 0 Å². The second kappa shape index (κ2) is 11.7. The second-order valence-electron chi connectivity index (χ2n) is 18.7. The predicted molar refractivity (Wildman–Crippen MR) is 260 cm³/mol. The van der Waals surface area contributed by atoms with E-state index >= 15 is 0 Å². The van der Waals surface area contributed by atoms with E-state index in [0.717, 1.165) is 33.1 Å². The maximum absolute atomic E-state index is 6.94. The molecule has 2 heterocycles. The monoisotopic (exact) mass is 792 g/mol. The maximum Gasteiger partial charge on any atom is 0.144 e. The number of furan rings is 2. The van der Waals surface area contributed by atoms with Crippen molar-refractivity contribution in [1.29, 1.82) is 0 Å². The average molecular weight is 793 g/mol. The highest BCUT2D eigenvalue weighted by molar-refractivity contribution is 6.24. The Morgan fingerprint density at radius 2 is 0.855 bits per heavy atom. The largest absolute Gasteiger partial charge is 0.456 e. The zero-order valence-electron chi connectivity index (χ0n) is 35.0. The van der Waals surface area contributed by atoms with Crippen LogP contribution in [0.15, 0.2) is 179 Å². The van der Waals surface area contributed by atoms with Gasteiger partial charge in [-0.3, -0.25) is 0 Å². The van der Waals surface area contributed by atoms with Crippen LogP contribution in [0, 0.1) is 0 Å². The quantitative estimate of drug-likeness (QED) is 0.163. The maximum atomic E-state index is 6.94. The summed E-state index contributed by atoms with van der Waals surface area (Å²) in [6.07, 6.45) is 0. The van der Waals surface area contributed by atoms with Crippen molar-refractivity contribution in [1.82, 2.24) is 0 Å². The molecule has 2 aliphatic rings. The second-order valence-corrected chi connectivity index (χ2v) is 18.7. The lowest BCUT2D eigenvalue weighted by Gasteiger charge is -2.31. The Labute approximate surface area is 358 Å². The zero-order valence-corrected chi connectivity index (χ0v) is 35.0. The van der Waals surface area contributed by atoms with Crippen LogP contribution in [-0.2, 0) is 10.8 Å². The third kappa shape index (κ3) is 4.24. The first-order valence-electron chi connectivity index (χ1n) is 21.8. The molecule has 0 N–H and O–H groups in total. The van der Waals surface area contributed by atoms with E-state index in [9.17, 15) is 0 Å². The fraction of sp³-hybridized carbons (Fsp3) is 0.100. The summed E-state index contributed by atoms with van der Waals surface area (Å²) >= 11 is 0. The molecule has 2 heteroatoms. The molecular formula is C60H40O2. The van der Waals surface area contributed by atoms with Crippen molar-refractivity contribution in [2.75, 3.05) is 0 Å². The minimum atomic E-state index is -0.281. The van der Waals surface area contributed by atoms with E-state index in [-0.39, 0.29) is 10.8 Å². The Balaban J connectivity index is 1.02. The molecule has 2 aromatic heterocycles. The van der Waals surface area contributed by atoms with Crippen molar-refractivity contribution in [2.24, 2.45) is 0 Å². The van der Waals surface area contributed by atoms with Crippen LogP contribution in [0.5, 0.6) is 0 Å². The molecule has 0 amide bonds. The van der Waals surface area contributed by atoms with Crippen molar-refractivity contribution in [2.45, 2.75) is 38.5 Å². The first-order valence-corrected chi connectivity index (χ1v) is 21.8. The summed E-state index contributed by atoms with van der Waals surface area (Å²) < 4.78 is 13.4. The Morgan fingerprint density at radius 3 is 1.58 bits per heavy atom. The van der Waals surface area contributed by atoms with Crippen molar-refractivity contribution in [3.63, 3.8) is 0 Å². The molecule has 12 aromatic rings. The molecule has 62 heavy (non-hydrogen) atoms. The molecule has 0 aliphatic heterocycles. The van der Waals surface area contributed by atoms with Crippen LogP contribution in [0.1, 0.15) is 49.9 Å². The van der Waals surface area contributed by atoms with Crippen molar-refractivity contribution >= 4 is 76.2 Å². The van der Waals surface area contributed by atoms with Gasteiger partial charge in [0.2, 0.25) is 0 Å². The Morgan fingerprint density at radius 1 is 0.339 bits per heavy atom. The van der Waals surface area contributed by atoms with Gasteiger partial charge in [-0.1, -0.05) is 161 Å². The number of hydrogen-bond acceptors (Lipinski definition) is 2. The topological polar surface area (TPSA) is 26.3 Å². The molecule has 0 unspecified atom stereocenters. The van der Waals surface area contributed by atoms with Crippen LogP contribution in [0.2, 0.25) is 0 Å². The fourth-order valence-electron chi connectivity index (χ4n) is 12.1. The molecule has 0 radical (unpaired) electrons. The summed E-state index contributed by atoms with van der Waals surface area (Å²) in [5.74, 6) is 0. The first kappa shape index (κ1) is 34.3. The van der Waals surface area contributed by atoms with Gasteiger partial charge in [-0.25, -0.2) is 0 Å². The standard InChI is InChI=1S/C60H40O2/c1-59(2)46-23-13-11-21-41(46)55-57(59)56-53(54-43-22-12-14-24-48(43)62-58(54)55)42-27-25-36(31-47(42)60(56,3)4)52-39-19-9-7-17-37(39)51(38-18-8-10-20-40(38)52)35-26-28-49-44(30-35)45-29-33-15-5-6-16-34(33)32-50(45)61-49/h5-32H,1-4H3. The molecule has 0 spiro atoms. The van der Waals surface area contributed by atoms with Crippen LogP contribution in [0.25, 0.3) is 121 Å². The summed E-state index contributed by atoms with van der Waals surface area (Å²) in [5, 5.41) is 12.1. The lowest BCUT2D eigenvalue weighted by Crippen LogP contribution is -2.24. The van der Waals surface area contributed by atoms with Crippen LogP contribution in [0.3, 0.4) is 0 Å². The molecule has 292 valence electrons. The molecule has 14 rings (SSSR count). The first-order chi connectivity index (χ1) is 30.3. The molecule has 0 fully saturated rings. The highest BCUT2D eigenvalue weighted by atomic mass is 16.3. The average Bonchev–Trinajstić information content (AvgIpc) is 3.99. The number of para-hydroxylation sites is 1. The van der Waals surface area contributed by atoms with Crippen molar-refractivity contribution in [3.05, 3.63) is 192 Å². The van der Waals surface area contributed by atoms with E-state index in [4.69, 9.17) is 8.83 Å². The third-order valence-corrected chi connectivity index (χ3v) is 14.8. The van der Waals surface area contributed by atoms with E-state index in [1.165, 1.54) is 110 Å². The van der Waals surface area contributed by atoms with Crippen LogP contribution in [-0.4, -0.2) is 0 Å². The van der Waals surface area contributed by atoms with Gasteiger partial charge < -0.3 is 8.83 Å². The summed E-state index contributed by atoms with van der Waals surface area (Å²) in [5.41, 5.74) is 19.0. The Kier molecular flexibility index (Phi) is 6.47. The summed E-state index contributed by atoms with van der Waals surface area (Å²) in [4.78, 5) is 0. The zero-order chi connectivity index (χ0) is 41.2. The molecule has 0 saturated carbocycles. The highest BCUT2D eigenvalue weighted by Crippen LogP contribution is 2.63. The fourth-order valence-corrected chi connectivity index (χ4v) is 12.1. The van der Waals surface area contributed by atoms with Gasteiger partial charge in [0.25, 0.3) is 0 Å². The van der Waals surface area contributed by atoms with Gasteiger partial charge >= 0.3 is 0 Å². The SMILES string of the molecule is CC1(C)c2ccccc2-c2c1c1c(c3c2oc2ccccc23)-c2ccc(-c3c4ccccc4c(-c4ccc5oc6cc7ccccc7cc6c5c4)c4ccccc34)cc2C1(C)C. The van der Waals surface area contributed by atoms with Gasteiger partial charge in [-0.05, 0) is 130 Å². The Bertz CT molecular complexity index is 3920. The molecule has 2 nitrogen and oxygen atoms in total. The van der Waals surface area contributed by atoms with Gasteiger partial charge in [0, 0.05) is 37.9 Å². The summed E-state index contributed by atoms with van der Waals surface area (Å²) in [7, 11) is 0. The van der Waals surface area contributed by atoms with Gasteiger partial charge in [-0.2, -0.15) is 0 Å². The minimum absolute atomic E-state index is 0.201. The molecule has 0 saturated heterocycles. The molecule has 0 bridgehead atoms. The van der Waals surface area contributed by atoms with E-state index in [1.807, 2.05) is 0 Å². The smallest absolute Gasteiger partial charge is 0.144 e. The molecular weight excluding hydrogens is 753 g/mol. The van der Waals surface area contributed by atoms with E-state index in [2.05, 4.69) is 198 Å². The predicted octanol–water partition coefficient (Wildman–Crippen LogP) is 16.9. The number of fused-ring (bicyclic) bond motifs is 18. The normalized spacial score (nSPS) is 14.7. The summed E-state index contributed by atoms with van der Waals surface area (Å²) in [6.45, 7) is 9.72. The van der Waals surface area contributed by atoms with E-state index in [0.29, 0.717) is 0 Å². The Hall–Kier alpha value is -7.42. The lowest BCUT2D eigenvalue weighted by atomic mass is 9.72. The molecule has 0 atom stereocenters. The number of benzene rings is 10. The number of hydrogen-bond donors (Lipinski definition) is 0. The number of rotatable bonds is 2. The minimum Gasteiger partial charge on any atom is -0.456 e. The van der Waals surface area contributed by atoms with Crippen molar-refractivity contribution in [3.8, 4) is 44.5 Å². The van der Waals surface area contributed by atoms with E-state index in [1.54, 1.807) is 0 Å². The van der Waals surface area contributed by atoms with E-state index < -0.39 is 0 Å². The van der Waals surface area contributed by atoms with Gasteiger partial charge in [0.1, 0.15) is 22.3 Å². The van der Waals surface area contributed by atoms with Crippen molar-refractivity contribution < 1.29 is 8.83 Å². The van der Waals surface area contributed by atoms with Crippen LogP contribution in [0.4, 0.5) is 0 Å². The van der Waals surface area contributed by atoms with Crippen LogP contribution < -0.4 is 0 Å².